The zero-order valence-corrected chi connectivity index (χ0v) is 18.8. The Balaban J connectivity index is 2.36. The molecule has 1 aliphatic carbocycles. The fourth-order valence-electron chi connectivity index (χ4n) is 4.18. The molecule has 4 atom stereocenters. The molecule has 3 nitrogen and oxygen atoms in total. The van der Waals surface area contributed by atoms with Crippen LogP contribution >= 0.6 is 8.58 Å². The molecule has 2 aliphatic rings. The quantitative estimate of drug-likeness (QED) is 0.517. The molecule has 0 fully saturated rings. The van der Waals surface area contributed by atoms with Gasteiger partial charge in [0.15, 0.2) is 0 Å². The summed E-state index contributed by atoms with van der Waals surface area (Å²) in [5.74, 6) is 0.563. The number of aliphatic imine (C=N–C) groups is 1. The lowest BCUT2D eigenvalue weighted by atomic mass is 9.76. The molecule has 1 N–H and O–H groups in total. The van der Waals surface area contributed by atoms with E-state index in [0.717, 1.165) is 12.8 Å². The number of amides is 1. The Kier molecular flexibility index (Phi) is 8.82. The van der Waals surface area contributed by atoms with Crippen molar-refractivity contribution >= 4 is 20.2 Å². The molecule has 1 amide bonds. The lowest BCUT2D eigenvalue weighted by Gasteiger charge is -2.30. The lowest BCUT2D eigenvalue weighted by molar-refractivity contribution is -0.114. The Morgan fingerprint density at radius 1 is 1.29 bits per heavy atom. The van der Waals surface area contributed by atoms with Crippen LogP contribution in [0.1, 0.15) is 53.4 Å². The molecule has 0 bridgehead atoms. The summed E-state index contributed by atoms with van der Waals surface area (Å²) in [7, 11) is 0.629. The molecular formula is C23H34FN2OP. The van der Waals surface area contributed by atoms with Crippen molar-refractivity contribution in [2.45, 2.75) is 59.4 Å². The molecule has 0 spiro atoms. The first-order valence-electron chi connectivity index (χ1n) is 10.4. The molecule has 1 aliphatic heterocycles. The Bertz CT molecular complexity index is 733. The van der Waals surface area contributed by atoms with Gasteiger partial charge in [0.2, 0.25) is 0 Å². The second-order valence-electron chi connectivity index (χ2n) is 7.50. The number of nitrogens with one attached hydrogen (secondary N) is 1. The summed E-state index contributed by atoms with van der Waals surface area (Å²) in [6, 6.07) is -0.364. The second kappa shape index (κ2) is 10.9. The van der Waals surface area contributed by atoms with Gasteiger partial charge in [0.25, 0.3) is 5.91 Å². The van der Waals surface area contributed by atoms with Gasteiger partial charge < -0.3 is 5.32 Å². The zero-order chi connectivity index (χ0) is 20.7. The van der Waals surface area contributed by atoms with Crippen LogP contribution in [0.3, 0.4) is 0 Å². The summed E-state index contributed by atoms with van der Waals surface area (Å²) in [6.07, 6.45) is 11.4. The van der Waals surface area contributed by atoms with Crippen LogP contribution in [0.15, 0.2) is 51.8 Å². The van der Waals surface area contributed by atoms with Crippen molar-refractivity contribution in [1.29, 1.82) is 0 Å². The molecule has 1 heterocycles. The Morgan fingerprint density at radius 3 is 2.64 bits per heavy atom. The highest BCUT2D eigenvalue weighted by Gasteiger charge is 2.26. The van der Waals surface area contributed by atoms with Gasteiger partial charge in [-0.2, -0.15) is 0 Å². The molecule has 0 saturated carbocycles. The minimum Gasteiger partial charge on any atom is -0.347 e. The van der Waals surface area contributed by atoms with Crippen molar-refractivity contribution in [1.82, 2.24) is 5.32 Å². The van der Waals surface area contributed by atoms with Crippen molar-refractivity contribution in [3.05, 3.63) is 46.9 Å². The van der Waals surface area contributed by atoms with Gasteiger partial charge in [-0.15, -0.1) is 8.58 Å². The van der Waals surface area contributed by atoms with Crippen LogP contribution in [-0.4, -0.2) is 30.6 Å². The van der Waals surface area contributed by atoms with E-state index in [0.29, 0.717) is 50.8 Å². The summed E-state index contributed by atoms with van der Waals surface area (Å²) in [4.78, 5) is 17.4. The van der Waals surface area contributed by atoms with E-state index in [9.17, 15) is 9.18 Å². The van der Waals surface area contributed by atoms with E-state index in [1.165, 1.54) is 17.2 Å². The lowest BCUT2D eigenvalue weighted by Crippen LogP contribution is -2.32. The van der Waals surface area contributed by atoms with Gasteiger partial charge in [-0.05, 0) is 67.5 Å². The molecule has 28 heavy (non-hydrogen) atoms. The maximum Gasteiger partial charge on any atom is 0.270 e. The van der Waals surface area contributed by atoms with Gasteiger partial charge in [0.1, 0.15) is 11.5 Å². The number of allylic oxidation sites excluding steroid dienone is 5. The molecule has 0 saturated heterocycles. The summed E-state index contributed by atoms with van der Waals surface area (Å²) in [6.45, 7) is 10.6. The number of rotatable bonds is 8. The Morgan fingerprint density at radius 2 is 2.04 bits per heavy atom. The van der Waals surface area contributed by atoms with Crippen LogP contribution in [0.5, 0.6) is 0 Å². The van der Waals surface area contributed by atoms with E-state index in [1.807, 2.05) is 13.6 Å². The first-order valence-corrected chi connectivity index (χ1v) is 12.1. The number of hydrogen-bond donors (Lipinski definition) is 1. The molecule has 0 aromatic rings. The predicted octanol–water partition coefficient (Wildman–Crippen LogP) is 5.71. The van der Waals surface area contributed by atoms with Gasteiger partial charge in [-0.3, -0.25) is 9.79 Å². The van der Waals surface area contributed by atoms with Crippen molar-refractivity contribution in [3.8, 4) is 0 Å². The van der Waals surface area contributed by atoms with Gasteiger partial charge in [-0.25, -0.2) is 4.39 Å². The van der Waals surface area contributed by atoms with Gasteiger partial charge in [0, 0.05) is 6.29 Å². The third-order valence-corrected chi connectivity index (χ3v) is 6.16. The third-order valence-electron chi connectivity index (χ3n) is 5.63. The van der Waals surface area contributed by atoms with Gasteiger partial charge in [0.05, 0.1) is 6.04 Å². The largest absolute Gasteiger partial charge is 0.347 e. The topological polar surface area (TPSA) is 41.5 Å². The summed E-state index contributed by atoms with van der Waals surface area (Å²) in [5.41, 5.74) is 3.75. The fourth-order valence-corrected chi connectivity index (χ4v) is 4.52. The Hall–Kier alpha value is -1.54. The van der Waals surface area contributed by atoms with Crippen LogP contribution in [-0.2, 0) is 4.79 Å². The number of halogens is 1. The van der Waals surface area contributed by atoms with Crippen LogP contribution in [0.4, 0.5) is 4.39 Å². The van der Waals surface area contributed by atoms with Gasteiger partial charge in [-0.1, -0.05) is 45.4 Å². The van der Waals surface area contributed by atoms with Crippen molar-refractivity contribution in [2.24, 2.45) is 16.8 Å². The van der Waals surface area contributed by atoms with Crippen molar-refractivity contribution < 1.29 is 9.18 Å². The molecule has 0 aromatic carbocycles. The van der Waals surface area contributed by atoms with E-state index in [-0.39, 0.29) is 17.8 Å². The predicted molar refractivity (Wildman–Crippen MR) is 120 cm³/mol. The average Bonchev–Trinajstić information content (AvgIpc) is 2.84. The average molecular weight is 405 g/mol. The van der Waals surface area contributed by atoms with Gasteiger partial charge >= 0.3 is 0 Å². The van der Waals surface area contributed by atoms with E-state index < -0.39 is 0 Å². The summed E-state index contributed by atoms with van der Waals surface area (Å²) in [5, 5.41) is 2.91. The van der Waals surface area contributed by atoms with E-state index in [1.54, 1.807) is 6.08 Å². The zero-order valence-electron chi connectivity index (χ0n) is 17.8. The highest BCUT2D eigenvalue weighted by atomic mass is 31.1. The van der Waals surface area contributed by atoms with E-state index in [2.05, 4.69) is 38.2 Å². The Labute approximate surface area is 171 Å². The van der Waals surface area contributed by atoms with Crippen LogP contribution in [0.2, 0.25) is 0 Å². The molecular weight excluding hydrogens is 370 g/mol. The standard InChI is InChI=1S/C23H34FN2OP/c1-6-16-11-18(24)13-19(26-22(16)23(27)25-14-28-5)12-17-10-9-15(4)20(7-2)21(17)8-3/h9-11,13,15,19-20,28H,6-8,12,14H2,1-5H3,(H,25,27)/t15?,19?,20-/m0/s1. The molecule has 5 heteroatoms. The molecule has 2 rings (SSSR count). The number of carbonyl (C=O) groups excluding carboxylic acids is 1. The monoisotopic (exact) mass is 404 g/mol. The second-order valence-corrected chi connectivity index (χ2v) is 8.56. The smallest absolute Gasteiger partial charge is 0.270 e. The normalized spacial score (nSPS) is 25.5. The maximum atomic E-state index is 14.5. The fraction of sp³-hybridized carbons (Fsp3) is 0.565. The van der Waals surface area contributed by atoms with Crippen molar-refractivity contribution in [2.75, 3.05) is 13.0 Å². The first kappa shape index (κ1) is 22.7. The maximum absolute atomic E-state index is 14.5. The highest BCUT2D eigenvalue weighted by molar-refractivity contribution is 7.36. The summed E-state index contributed by atoms with van der Waals surface area (Å²) < 4.78 is 14.5. The van der Waals surface area contributed by atoms with E-state index >= 15 is 0 Å². The summed E-state index contributed by atoms with van der Waals surface area (Å²) >= 11 is 0. The molecule has 0 radical (unpaired) electrons. The highest BCUT2D eigenvalue weighted by Crippen LogP contribution is 2.36. The van der Waals surface area contributed by atoms with E-state index in [4.69, 9.17) is 4.99 Å². The minimum absolute atomic E-state index is 0.195. The SMILES string of the molecule is CCC1=CC(F)=CC(CC2=C(CC)[C@@H](CC)C(C)C=C2)N=C1C(=O)NCPC. The van der Waals surface area contributed by atoms with Crippen molar-refractivity contribution in [3.63, 3.8) is 0 Å². The minimum atomic E-state index is -0.364. The third kappa shape index (κ3) is 5.50. The van der Waals surface area contributed by atoms with Crippen LogP contribution < -0.4 is 5.32 Å². The molecule has 3 unspecified atom stereocenters. The van der Waals surface area contributed by atoms with Crippen LogP contribution in [0.25, 0.3) is 0 Å². The first-order chi connectivity index (χ1) is 13.4. The van der Waals surface area contributed by atoms with Crippen LogP contribution in [0, 0.1) is 11.8 Å². The number of nitrogens with zero attached hydrogens (tertiary/aromatic N) is 1. The number of hydrogen-bond acceptors (Lipinski definition) is 2. The number of carbonyl (C=O) groups is 1. The molecule has 0 aromatic heterocycles. The molecule has 154 valence electrons.